The summed E-state index contributed by atoms with van der Waals surface area (Å²) >= 11 is -2.13. The molecule has 0 aliphatic rings. The minimum absolute atomic E-state index is 1.12. The molecule has 0 unspecified atom stereocenters. The molecule has 0 rings (SSSR count). The van der Waals surface area contributed by atoms with E-state index in [9.17, 15) is 0 Å². The Morgan fingerprint density at radius 1 is 0.545 bits per heavy atom. The molecule has 0 bridgehead atoms. The summed E-state index contributed by atoms with van der Waals surface area (Å²) in [7, 11) is 15.0. The summed E-state index contributed by atoms with van der Waals surface area (Å²) in [6.07, 6.45) is 22.8. The zero-order valence-electron chi connectivity index (χ0n) is 14.7. The maximum atomic E-state index is 5.00. The normalized spacial score (nSPS) is 10.2. The number of hydrogen-bond donors (Lipinski definition) is 0. The molecular weight excluding hydrogens is 414 g/mol. The van der Waals surface area contributed by atoms with Crippen molar-refractivity contribution in [1.82, 2.24) is 0 Å². The van der Waals surface area contributed by atoms with E-state index in [4.69, 9.17) is 25.5 Å². The molecule has 0 aromatic rings. The summed E-state index contributed by atoms with van der Waals surface area (Å²) in [5.74, 6) is 0. The van der Waals surface area contributed by atoms with Crippen molar-refractivity contribution >= 4 is 25.5 Å². The van der Waals surface area contributed by atoms with Crippen molar-refractivity contribution in [2.75, 3.05) is 0 Å². The van der Waals surface area contributed by atoms with E-state index in [1.807, 2.05) is 0 Å². The molecular formula is C18H37Cl3Zr-. The van der Waals surface area contributed by atoms with Crippen molar-refractivity contribution in [2.45, 2.75) is 110 Å². The average Bonchev–Trinajstić information content (AvgIpc) is 2.47. The monoisotopic (exact) mass is 448 g/mol. The van der Waals surface area contributed by atoms with Crippen molar-refractivity contribution in [2.24, 2.45) is 0 Å². The van der Waals surface area contributed by atoms with Gasteiger partial charge in [0.2, 0.25) is 0 Å². The van der Waals surface area contributed by atoms with Crippen LogP contribution in [0, 0.1) is 6.92 Å². The van der Waals surface area contributed by atoms with Crippen molar-refractivity contribution < 1.29 is 18.2 Å². The first-order valence-corrected chi connectivity index (χ1v) is 18.8. The quantitative estimate of drug-likeness (QED) is 0.172. The fourth-order valence-corrected chi connectivity index (χ4v) is 2.55. The van der Waals surface area contributed by atoms with Gasteiger partial charge in [-0.25, -0.2) is 0 Å². The van der Waals surface area contributed by atoms with E-state index in [0.29, 0.717) is 0 Å². The van der Waals surface area contributed by atoms with Crippen LogP contribution >= 0.6 is 25.5 Å². The Bertz CT molecular complexity index is 159. The Labute approximate surface area is 159 Å². The van der Waals surface area contributed by atoms with Crippen LogP contribution in [0.5, 0.6) is 0 Å². The number of rotatable bonds is 15. The summed E-state index contributed by atoms with van der Waals surface area (Å²) in [5.41, 5.74) is 0. The molecule has 0 atom stereocenters. The van der Waals surface area contributed by atoms with Crippen LogP contribution in [-0.2, 0) is 18.2 Å². The Morgan fingerprint density at radius 3 is 1.00 bits per heavy atom. The molecule has 0 radical (unpaired) electrons. The Morgan fingerprint density at radius 2 is 0.773 bits per heavy atom. The fourth-order valence-electron chi connectivity index (χ4n) is 2.55. The molecule has 0 saturated heterocycles. The predicted molar refractivity (Wildman–Crippen MR) is 102 cm³/mol. The first-order valence-electron chi connectivity index (χ1n) is 9.27. The third-order valence-corrected chi connectivity index (χ3v) is 3.85. The maximum absolute atomic E-state index is 5.00. The minimum atomic E-state index is -2.13. The van der Waals surface area contributed by atoms with Gasteiger partial charge in [-0.15, -0.1) is 0 Å². The Balaban J connectivity index is 0. The second-order valence-corrected chi connectivity index (χ2v) is 17.2. The molecule has 0 aromatic heterocycles. The van der Waals surface area contributed by atoms with Gasteiger partial charge in [0.25, 0.3) is 0 Å². The third kappa shape index (κ3) is 33.4. The first-order chi connectivity index (χ1) is 10.6. The topological polar surface area (TPSA) is 0 Å². The fraction of sp³-hybridized carbons (Fsp3) is 0.944. The molecule has 0 aromatic carbocycles. The van der Waals surface area contributed by atoms with Crippen molar-refractivity contribution in [3.05, 3.63) is 6.92 Å². The van der Waals surface area contributed by atoms with Gasteiger partial charge in [0.1, 0.15) is 0 Å². The van der Waals surface area contributed by atoms with Crippen LogP contribution in [0.25, 0.3) is 0 Å². The van der Waals surface area contributed by atoms with E-state index in [1.165, 1.54) is 96.3 Å². The molecule has 0 saturated carbocycles. The van der Waals surface area contributed by atoms with Gasteiger partial charge in [-0.2, -0.15) is 6.42 Å². The van der Waals surface area contributed by atoms with Crippen molar-refractivity contribution in [3.63, 3.8) is 0 Å². The Kier molecular flexibility index (Phi) is 29.5. The molecule has 0 aliphatic heterocycles. The van der Waals surface area contributed by atoms with Crippen molar-refractivity contribution in [1.29, 1.82) is 0 Å². The van der Waals surface area contributed by atoms with Crippen LogP contribution in [0.15, 0.2) is 0 Å². The van der Waals surface area contributed by atoms with E-state index >= 15 is 0 Å². The van der Waals surface area contributed by atoms with E-state index < -0.39 is 18.2 Å². The summed E-state index contributed by atoms with van der Waals surface area (Å²) < 4.78 is 0. The van der Waals surface area contributed by atoms with Gasteiger partial charge in [0.05, 0.1) is 0 Å². The van der Waals surface area contributed by atoms with Gasteiger partial charge in [-0.1, -0.05) is 103 Å². The summed E-state index contributed by atoms with van der Waals surface area (Å²) in [4.78, 5) is 0. The van der Waals surface area contributed by atoms with Crippen LogP contribution in [0.1, 0.15) is 110 Å². The SMILES string of the molecule is [CH2-]CCCCCCCCCCCCCCCCC.[Cl][Zr]([Cl])[Cl]. The van der Waals surface area contributed by atoms with Gasteiger partial charge in [-0.3, -0.25) is 0 Å². The van der Waals surface area contributed by atoms with Crippen molar-refractivity contribution in [3.8, 4) is 0 Å². The molecule has 0 nitrogen and oxygen atoms in total. The summed E-state index contributed by atoms with van der Waals surface area (Å²) in [6, 6.07) is 0. The van der Waals surface area contributed by atoms with Gasteiger partial charge < -0.3 is 6.92 Å². The Hall–Kier alpha value is 1.75. The molecule has 0 heterocycles. The molecule has 0 fully saturated rings. The first kappa shape index (κ1) is 26.0. The van der Waals surface area contributed by atoms with E-state index in [1.54, 1.807) is 0 Å². The third-order valence-electron chi connectivity index (χ3n) is 3.85. The zero-order chi connectivity index (χ0) is 16.9. The summed E-state index contributed by atoms with van der Waals surface area (Å²) in [5, 5.41) is 0. The van der Waals surface area contributed by atoms with Gasteiger partial charge in [0, 0.05) is 0 Å². The molecule has 0 N–H and O–H groups in total. The van der Waals surface area contributed by atoms with Gasteiger partial charge in [0.15, 0.2) is 0 Å². The standard InChI is InChI=1S/C18H37.3ClH.Zr/c1-3-5-7-9-11-13-15-17-18-16-14-12-10-8-6-4-2;;;;/h1,3-18H2,2H3;3*1H;/q-1;;;;+3/p-3. The number of unbranched alkanes of at least 4 members (excludes halogenated alkanes) is 15. The molecule has 0 amide bonds. The molecule has 4 heteroatoms. The summed E-state index contributed by atoms with van der Waals surface area (Å²) in [6.45, 7) is 6.18. The molecule has 135 valence electrons. The van der Waals surface area contributed by atoms with Crippen LogP contribution in [0.4, 0.5) is 0 Å². The van der Waals surface area contributed by atoms with E-state index in [2.05, 4.69) is 13.8 Å². The number of halogens is 3. The average molecular weight is 451 g/mol. The molecule has 0 aliphatic carbocycles. The number of hydrogen-bond acceptors (Lipinski definition) is 0. The van der Waals surface area contributed by atoms with E-state index in [0.717, 1.165) is 6.42 Å². The predicted octanol–water partition coefficient (Wildman–Crippen LogP) is 9.15. The van der Waals surface area contributed by atoms with E-state index in [-0.39, 0.29) is 0 Å². The second kappa shape index (κ2) is 25.0. The van der Waals surface area contributed by atoms with Crippen LogP contribution in [-0.4, -0.2) is 0 Å². The molecule has 22 heavy (non-hydrogen) atoms. The zero-order valence-corrected chi connectivity index (χ0v) is 19.4. The second-order valence-electron chi connectivity index (χ2n) is 6.02. The van der Waals surface area contributed by atoms with Gasteiger partial charge >= 0.3 is 43.7 Å². The van der Waals surface area contributed by atoms with Gasteiger partial charge in [-0.05, 0) is 0 Å². The molecule has 0 spiro atoms. The van der Waals surface area contributed by atoms with Crippen LogP contribution in [0.2, 0.25) is 0 Å². The van der Waals surface area contributed by atoms with Crippen LogP contribution < -0.4 is 0 Å². The van der Waals surface area contributed by atoms with Crippen LogP contribution in [0.3, 0.4) is 0 Å².